The predicted molar refractivity (Wildman–Crippen MR) is 57.2 cm³/mol. The standard InChI is InChI=1S/C12H14O3/c1-9(2)12(14)8-15-11-5-3-10(7-13)4-6-11/h3-7,9H,8H2,1-2H3. The highest BCUT2D eigenvalue weighted by Gasteiger charge is 2.07. The molecular weight excluding hydrogens is 192 g/mol. The van der Waals surface area contributed by atoms with Crippen molar-refractivity contribution in [2.45, 2.75) is 13.8 Å². The van der Waals surface area contributed by atoms with Crippen molar-refractivity contribution in [3.8, 4) is 5.75 Å². The van der Waals surface area contributed by atoms with Gasteiger partial charge in [0.2, 0.25) is 0 Å². The van der Waals surface area contributed by atoms with Gasteiger partial charge in [0.1, 0.15) is 18.6 Å². The Morgan fingerprint density at radius 3 is 2.40 bits per heavy atom. The van der Waals surface area contributed by atoms with Crippen LogP contribution in [0.2, 0.25) is 0 Å². The van der Waals surface area contributed by atoms with E-state index in [1.54, 1.807) is 24.3 Å². The molecule has 0 amide bonds. The highest BCUT2D eigenvalue weighted by Crippen LogP contribution is 2.11. The lowest BCUT2D eigenvalue weighted by Crippen LogP contribution is -2.16. The number of hydrogen-bond acceptors (Lipinski definition) is 3. The Bertz CT molecular complexity index is 338. The van der Waals surface area contributed by atoms with Gasteiger partial charge in [0.05, 0.1) is 0 Å². The van der Waals surface area contributed by atoms with Gasteiger partial charge in [0.25, 0.3) is 0 Å². The van der Waals surface area contributed by atoms with Crippen LogP contribution in [0.3, 0.4) is 0 Å². The van der Waals surface area contributed by atoms with Crippen molar-refractivity contribution in [2.75, 3.05) is 6.61 Å². The normalized spacial score (nSPS) is 10.1. The summed E-state index contributed by atoms with van der Waals surface area (Å²) in [5.41, 5.74) is 0.595. The van der Waals surface area contributed by atoms with Crippen molar-refractivity contribution in [3.05, 3.63) is 29.8 Å². The van der Waals surface area contributed by atoms with Crippen molar-refractivity contribution < 1.29 is 14.3 Å². The molecular formula is C12H14O3. The molecule has 3 heteroatoms. The summed E-state index contributed by atoms with van der Waals surface area (Å²) in [7, 11) is 0. The summed E-state index contributed by atoms with van der Waals surface area (Å²) in [6.07, 6.45) is 0.767. The number of carbonyl (C=O) groups is 2. The quantitative estimate of drug-likeness (QED) is 0.693. The monoisotopic (exact) mass is 206 g/mol. The van der Waals surface area contributed by atoms with Gasteiger partial charge in [-0.25, -0.2) is 0 Å². The molecule has 0 radical (unpaired) electrons. The van der Waals surface area contributed by atoms with Crippen molar-refractivity contribution in [3.63, 3.8) is 0 Å². The Hall–Kier alpha value is -1.64. The molecule has 0 heterocycles. The molecule has 0 aliphatic heterocycles. The lowest BCUT2D eigenvalue weighted by molar-refractivity contribution is -0.123. The number of carbonyl (C=O) groups excluding carboxylic acids is 2. The van der Waals surface area contributed by atoms with E-state index < -0.39 is 0 Å². The maximum Gasteiger partial charge on any atom is 0.172 e. The zero-order valence-corrected chi connectivity index (χ0v) is 8.90. The average molecular weight is 206 g/mol. The number of ketones is 1. The minimum Gasteiger partial charge on any atom is -0.486 e. The summed E-state index contributed by atoms with van der Waals surface area (Å²) in [5, 5.41) is 0. The molecule has 0 aliphatic carbocycles. The van der Waals surface area contributed by atoms with Gasteiger partial charge >= 0.3 is 0 Å². The second kappa shape index (κ2) is 5.29. The summed E-state index contributed by atoms with van der Waals surface area (Å²) in [6, 6.07) is 6.67. The molecule has 0 spiro atoms. The number of hydrogen-bond donors (Lipinski definition) is 0. The second-order valence-electron chi connectivity index (χ2n) is 3.60. The fourth-order valence-electron chi connectivity index (χ4n) is 0.964. The first-order valence-corrected chi connectivity index (χ1v) is 4.84. The Labute approximate surface area is 89.1 Å². The van der Waals surface area contributed by atoms with Crippen LogP contribution in [-0.2, 0) is 4.79 Å². The van der Waals surface area contributed by atoms with Crippen LogP contribution in [0.1, 0.15) is 24.2 Å². The van der Waals surface area contributed by atoms with Gasteiger partial charge in [-0.3, -0.25) is 9.59 Å². The third-order valence-electron chi connectivity index (χ3n) is 2.04. The van der Waals surface area contributed by atoms with E-state index in [1.165, 1.54) is 0 Å². The fourth-order valence-corrected chi connectivity index (χ4v) is 0.964. The highest BCUT2D eigenvalue weighted by atomic mass is 16.5. The highest BCUT2D eigenvalue weighted by molar-refractivity contribution is 5.81. The zero-order chi connectivity index (χ0) is 11.3. The molecule has 0 saturated carbocycles. The van der Waals surface area contributed by atoms with E-state index >= 15 is 0 Å². The molecule has 0 atom stereocenters. The third-order valence-corrected chi connectivity index (χ3v) is 2.04. The molecule has 1 aromatic rings. The zero-order valence-electron chi connectivity index (χ0n) is 8.90. The van der Waals surface area contributed by atoms with E-state index in [-0.39, 0.29) is 18.3 Å². The lowest BCUT2D eigenvalue weighted by atomic mass is 10.1. The summed E-state index contributed by atoms with van der Waals surface area (Å²) in [5.74, 6) is 0.656. The van der Waals surface area contributed by atoms with Gasteiger partial charge in [0.15, 0.2) is 5.78 Å². The molecule has 15 heavy (non-hydrogen) atoms. The first-order chi connectivity index (χ1) is 7.13. The van der Waals surface area contributed by atoms with Gasteiger partial charge in [-0.05, 0) is 24.3 Å². The van der Waals surface area contributed by atoms with Gasteiger partial charge in [-0.1, -0.05) is 13.8 Å². The molecule has 0 aromatic heterocycles. The summed E-state index contributed by atoms with van der Waals surface area (Å²) >= 11 is 0. The van der Waals surface area contributed by atoms with Crippen LogP contribution in [-0.4, -0.2) is 18.7 Å². The first-order valence-electron chi connectivity index (χ1n) is 4.84. The molecule has 1 aromatic carbocycles. The van der Waals surface area contributed by atoms with Gasteiger partial charge in [0, 0.05) is 11.5 Å². The van der Waals surface area contributed by atoms with Crippen LogP contribution in [0.4, 0.5) is 0 Å². The van der Waals surface area contributed by atoms with Gasteiger partial charge < -0.3 is 4.74 Å². The molecule has 3 nitrogen and oxygen atoms in total. The first kappa shape index (κ1) is 11.4. The number of benzene rings is 1. The van der Waals surface area contributed by atoms with E-state index in [2.05, 4.69) is 0 Å². The molecule has 80 valence electrons. The van der Waals surface area contributed by atoms with Gasteiger partial charge in [-0.15, -0.1) is 0 Å². The maximum absolute atomic E-state index is 11.3. The minimum absolute atomic E-state index is 0.0146. The SMILES string of the molecule is CC(C)C(=O)COc1ccc(C=O)cc1. The Morgan fingerprint density at radius 2 is 1.93 bits per heavy atom. The van der Waals surface area contributed by atoms with Crippen molar-refractivity contribution in [2.24, 2.45) is 5.92 Å². The van der Waals surface area contributed by atoms with Gasteiger partial charge in [-0.2, -0.15) is 0 Å². The molecule has 0 saturated heterocycles. The largest absolute Gasteiger partial charge is 0.486 e. The van der Waals surface area contributed by atoms with E-state index in [0.717, 1.165) is 6.29 Å². The predicted octanol–water partition coefficient (Wildman–Crippen LogP) is 2.10. The number of Topliss-reactive ketones (excluding diaryl/α,β-unsaturated/α-hetero) is 1. The molecule has 0 fully saturated rings. The number of rotatable bonds is 5. The van der Waals surface area contributed by atoms with E-state index in [4.69, 9.17) is 4.74 Å². The van der Waals surface area contributed by atoms with Crippen LogP contribution in [0.25, 0.3) is 0 Å². The minimum atomic E-state index is -0.0146. The second-order valence-corrected chi connectivity index (χ2v) is 3.60. The van der Waals surface area contributed by atoms with Crippen molar-refractivity contribution >= 4 is 12.1 Å². The number of ether oxygens (including phenoxy) is 1. The smallest absolute Gasteiger partial charge is 0.172 e. The van der Waals surface area contributed by atoms with E-state index in [0.29, 0.717) is 11.3 Å². The Morgan fingerprint density at radius 1 is 1.33 bits per heavy atom. The Balaban J connectivity index is 2.51. The summed E-state index contributed by atoms with van der Waals surface area (Å²) in [6.45, 7) is 3.75. The molecule has 0 N–H and O–H groups in total. The molecule has 0 bridgehead atoms. The lowest BCUT2D eigenvalue weighted by Gasteiger charge is -2.07. The van der Waals surface area contributed by atoms with Crippen molar-refractivity contribution in [1.82, 2.24) is 0 Å². The molecule has 0 unspecified atom stereocenters. The number of aldehydes is 1. The Kier molecular flexibility index (Phi) is 4.03. The summed E-state index contributed by atoms with van der Waals surface area (Å²) in [4.78, 5) is 21.6. The van der Waals surface area contributed by atoms with Crippen LogP contribution in [0, 0.1) is 5.92 Å². The molecule has 0 aliphatic rings. The topological polar surface area (TPSA) is 43.4 Å². The van der Waals surface area contributed by atoms with Crippen LogP contribution in [0.5, 0.6) is 5.75 Å². The molecule has 1 rings (SSSR count). The third kappa shape index (κ3) is 3.54. The fraction of sp³-hybridized carbons (Fsp3) is 0.333. The summed E-state index contributed by atoms with van der Waals surface area (Å²) < 4.78 is 5.26. The van der Waals surface area contributed by atoms with Crippen LogP contribution in [0.15, 0.2) is 24.3 Å². The van der Waals surface area contributed by atoms with Crippen LogP contribution >= 0.6 is 0 Å². The maximum atomic E-state index is 11.3. The average Bonchev–Trinajstić information content (AvgIpc) is 2.26. The van der Waals surface area contributed by atoms with Crippen LogP contribution < -0.4 is 4.74 Å². The van der Waals surface area contributed by atoms with E-state index in [9.17, 15) is 9.59 Å². The van der Waals surface area contributed by atoms with E-state index in [1.807, 2.05) is 13.8 Å². The van der Waals surface area contributed by atoms with Crippen molar-refractivity contribution in [1.29, 1.82) is 0 Å².